The first-order valence-corrected chi connectivity index (χ1v) is 6.48. The molecule has 3 N–H and O–H groups in total. The van der Waals surface area contributed by atoms with Crippen molar-refractivity contribution in [2.24, 2.45) is 5.73 Å². The van der Waals surface area contributed by atoms with Crippen LogP contribution in [0, 0.1) is 11.8 Å². The fourth-order valence-electron chi connectivity index (χ4n) is 1.40. The van der Waals surface area contributed by atoms with Gasteiger partial charge in [0, 0.05) is 22.8 Å². The molecule has 0 saturated heterocycles. The molecule has 0 aliphatic carbocycles. The highest BCUT2D eigenvalue weighted by Crippen LogP contribution is 2.15. The molecular formula is C13H12N4OS. The summed E-state index contributed by atoms with van der Waals surface area (Å²) in [5, 5.41) is 4.72. The van der Waals surface area contributed by atoms with E-state index in [1.165, 1.54) is 18.6 Å². The van der Waals surface area contributed by atoms with Crippen LogP contribution in [0.5, 0.6) is 0 Å². The summed E-state index contributed by atoms with van der Waals surface area (Å²) < 4.78 is 0. The van der Waals surface area contributed by atoms with Crippen molar-refractivity contribution >= 4 is 17.2 Å². The van der Waals surface area contributed by atoms with Crippen molar-refractivity contribution in [2.45, 2.75) is 6.54 Å². The van der Waals surface area contributed by atoms with Crippen molar-refractivity contribution in [1.82, 2.24) is 15.3 Å². The van der Waals surface area contributed by atoms with E-state index in [-0.39, 0.29) is 5.91 Å². The third-order valence-electron chi connectivity index (χ3n) is 2.28. The van der Waals surface area contributed by atoms with Gasteiger partial charge in [0.1, 0.15) is 5.69 Å². The lowest BCUT2D eigenvalue weighted by molar-refractivity contribution is 0.0946. The standard InChI is InChI=1S/C13H12N4OS/c14-4-1-2-10-3-7-19-12(10)9-17-13(18)11-8-15-5-6-16-11/h3,5-8H,4,9,14H2,(H,17,18). The van der Waals surface area contributed by atoms with E-state index < -0.39 is 0 Å². The number of rotatable bonds is 3. The molecule has 0 unspecified atom stereocenters. The molecule has 19 heavy (non-hydrogen) atoms. The Morgan fingerprint density at radius 2 is 2.37 bits per heavy atom. The molecule has 2 heterocycles. The molecule has 0 spiro atoms. The van der Waals surface area contributed by atoms with Gasteiger partial charge in [0.2, 0.25) is 0 Å². The first-order chi connectivity index (χ1) is 9.31. The number of aromatic nitrogens is 2. The van der Waals surface area contributed by atoms with Crippen molar-refractivity contribution in [3.05, 3.63) is 46.2 Å². The predicted molar refractivity (Wildman–Crippen MR) is 73.5 cm³/mol. The van der Waals surface area contributed by atoms with Crippen LogP contribution >= 0.6 is 11.3 Å². The molecular weight excluding hydrogens is 260 g/mol. The maximum absolute atomic E-state index is 11.8. The topological polar surface area (TPSA) is 80.9 Å². The van der Waals surface area contributed by atoms with Crippen LogP contribution in [0.4, 0.5) is 0 Å². The molecule has 0 saturated carbocycles. The van der Waals surface area contributed by atoms with Crippen LogP contribution in [0.3, 0.4) is 0 Å². The van der Waals surface area contributed by atoms with Crippen LogP contribution in [0.25, 0.3) is 0 Å². The van der Waals surface area contributed by atoms with Gasteiger partial charge in [-0.3, -0.25) is 9.78 Å². The monoisotopic (exact) mass is 272 g/mol. The third-order valence-corrected chi connectivity index (χ3v) is 3.20. The minimum atomic E-state index is -0.251. The zero-order valence-electron chi connectivity index (χ0n) is 10.1. The van der Waals surface area contributed by atoms with Crippen molar-refractivity contribution in [2.75, 3.05) is 6.54 Å². The van der Waals surface area contributed by atoms with Crippen molar-refractivity contribution < 1.29 is 4.79 Å². The van der Waals surface area contributed by atoms with Crippen molar-refractivity contribution in [3.63, 3.8) is 0 Å². The lowest BCUT2D eigenvalue weighted by atomic mass is 10.2. The second kappa shape index (κ2) is 6.64. The quantitative estimate of drug-likeness (QED) is 0.809. The Labute approximate surface area is 114 Å². The summed E-state index contributed by atoms with van der Waals surface area (Å²) >= 11 is 1.54. The average Bonchev–Trinajstić information content (AvgIpc) is 2.91. The highest BCUT2D eigenvalue weighted by molar-refractivity contribution is 7.10. The largest absolute Gasteiger partial charge is 0.346 e. The minimum Gasteiger partial charge on any atom is -0.346 e. The third kappa shape index (κ3) is 3.61. The molecule has 0 aliphatic rings. The summed E-state index contributed by atoms with van der Waals surface area (Å²) in [6.45, 7) is 0.739. The maximum Gasteiger partial charge on any atom is 0.271 e. The number of nitrogens with two attached hydrogens (primary N) is 1. The van der Waals surface area contributed by atoms with Crippen molar-refractivity contribution in [1.29, 1.82) is 0 Å². The van der Waals surface area contributed by atoms with Gasteiger partial charge in [0.25, 0.3) is 5.91 Å². The molecule has 0 radical (unpaired) electrons. The normalized spacial score (nSPS) is 9.53. The van der Waals surface area contributed by atoms with Gasteiger partial charge in [-0.2, -0.15) is 0 Å². The Hall–Kier alpha value is -2.23. The van der Waals surface area contributed by atoms with Crippen LogP contribution in [0.2, 0.25) is 0 Å². The van der Waals surface area contributed by atoms with E-state index in [2.05, 4.69) is 27.1 Å². The van der Waals surface area contributed by atoms with Gasteiger partial charge in [0.15, 0.2) is 0 Å². The molecule has 96 valence electrons. The number of nitrogens with zero attached hydrogens (tertiary/aromatic N) is 2. The lowest BCUT2D eigenvalue weighted by Crippen LogP contribution is -2.23. The van der Waals surface area contributed by atoms with E-state index in [0.717, 1.165) is 10.4 Å². The summed E-state index contributed by atoms with van der Waals surface area (Å²) in [5.41, 5.74) is 6.54. The zero-order valence-corrected chi connectivity index (χ0v) is 10.9. The number of hydrogen-bond donors (Lipinski definition) is 2. The van der Waals surface area contributed by atoms with Gasteiger partial charge < -0.3 is 11.1 Å². The molecule has 2 aromatic rings. The zero-order chi connectivity index (χ0) is 13.5. The summed E-state index contributed by atoms with van der Waals surface area (Å²) in [6.07, 6.45) is 4.44. The number of hydrogen-bond acceptors (Lipinski definition) is 5. The van der Waals surface area contributed by atoms with Crippen LogP contribution in [-0.4, -0.2) is 22.4 Å². The first-order valence-electron chi connectivity index (χ1n) is 5.61. The first kappa shape index (κ1) is 13.2. The number of amides is 1. The van der Waals surface area contributed by atoms with Gasteiger partial charge in [0.05, 0.1) is 19.3 Å². The van der Waals surface area contributed by atoms with Gasteiger partial charge in [-0.25, -0.2) is 4.98 Å². The second-order valence-corrected chi connectivity index (χ2v) is 4.54. The fourth-order valence-corrected chi connectivity index (χ4v) is 2.17. The molecule has 5 nitrogen and oxygen atoms in total. The number of nitrogens with one attached hydrogen (secondary N) is 1. The van der Waals surface area contributed by atoms with Crippen LogP contribution in [0.1, 0.15) is 20.9 Å². The predicted octanol–water partition coefficient (Wildman–Crippen LogP) is 0.778. The van der Waals surface area contributed by atoms with E-state index in [1.54, 1.807) is 11.3 Å². The van der Waals surface area contributed by atoms with E-state index in [9.17, 15) is 4.79 Å². The number of carbonyl (C=O) groups is 1. The molecule has 2 aromatic heterocycles. The van der Waals surface area contributed by atoms with E-state index in [1.807, 2.05) is 11.4 Å². The van der Waals surface area contributed by atoms with Crippen LogP contribution in [-0.2, 0) is 6.54 Å². The summed E-state index contributed by atoms with van der Waals surface area (Å²) in [7, 11) is 0. The molecule has 0 aromatic carbocycles. The van der Waals surface area contributed by atoms with E-state index >= 15 is 0 Å². The molecule has 6 heteroatoms. The molecule has 2 rings (SSSR count). The minimum absolute atomic E-state index is 0.251. The number of thiophene rings is 1. The SMILES string of the molecule is NCC#Cc1ccsc1CNC(=O)c1cnccn1. The number of carbonyl (C=O) groups excluding carboxylic acids is 1. The summed E-state index contributed by atoms with van der Waals surface area (Å²) in [6, 6.07) is 1.91. The Morgan fingerprint density at radius 1 is 1.47 bits per heavy atom. The lowest BCUT2D eigenvalue weighted by Gasteiger charge is -2.03. The fraction of sp³-hybridized carbons (Fsp3) is 0.154. The highest BCUT2D eigenvalue weighted by Gasteiger charge is 2.08. The molecule has 0 atom stereocenters. The Morgan fingerprint density at radius 3 is 3.11 bits per heavy atom. The smallest absolute Gasteiger partial charge is 0.271 e. The van der Waals surface area contributed by atoms with E-state index in [0.29, 0.717) is 18.8 Å². The maximum atomic E-state index is 11.8. The van der Waals surface area contributed by atoms with Crippen molar-refractivity contribution in [3.8, 4) is 11.8 Å². The Kier molecular flexibility index (Phi) is 4.61. The summed E-state index contributed by atoms with van der Waals surface area (Å²) in [4.78, 5) is 20.6. The van der Waals surface area contributed by atoms with Gasteiger partial charge in [-0.1, -0.05) is 11.8 Å². The van der Waals surface area contributed by atoms with Gasteiger partial charge >= 0.3 is 0 Å². The Bertz CT molecular complexity index is 612. The molecule has 1 amide bonds. The van der Waals surface area contributed by atoms with Crippen LogP contribution < -0.4 is 11.1 Å². The second-order valence-electron chi connectivity index (χ2n) is 3.54. The highest BCUT2D eigenvalue weighted by atomic mass is 32.1. The van der Waals surface area contributed by atoms with Gasteiger partial charge in [-0.05, 0) is 11.4 Å². The molecule has 0 bridgehead atoms. The van der Waals surface area contributed by atoms with Crippen LogP contribution in [0.15, 0.2) is 30.0 Å². The summed E-state index contributed by atoms with van der Waals surface area (Å²) in [5.74, 6) is 5.52. The van der Waals surface area contributed by atoms with E-state index in [4.69, 9.17) is 5.73 Å². The van der Waals surface area contributed by atoms with Gasteiger partial charge in [-0.15, -0.1) is 11.3 Å². The molecule has 0 fully saturated rings. The average molecular weight is 272 g/mol. The molecule has 0 aliphatic heterocycles. The Balaban J connectivity index is 2.00.